The second kappa shape index (κ2) is 7.27. The van der Waals surface area contributed by atoms with E-state index in [9.17, 15) is 8.42 Å². The smallest absolute Gasteiger partial charge is 0.215 e. The SMILES string of the molecule is CC1CCC(CCNS(=O)(=O)Cc2ccc(N)cc2)CC1. The summed E-state index contributed by atoms with van der Waals surface area (Å²) in [6, 6.07) is 6.98. The number of sulfonamides is 1. The van der Waals surface area contributed by atoms with Gasteiger partial charge < -0.3 is 5.73 Å². The molecule has 0 aliphatic heterocycles. The third-order valence-corrected chi connectivity index (χ3v) is 5.70. The van der Waals surface area contributed by atoms with Gasteiger partial charge in [0.05, 0.1) is 5.75 Å². The highest BCUT2D eigenvalue weighted by molar-refractivity contribution is 7.88. The lowest BCUT2D eigenvalue weighted by Crippen LogP contribution is -2.28. The fourth-order valence-electron chi connectivity index (χ4n) is 2.92. The molecule has 0 heterocycles. The molecule has 0 aromatic heterocycles. The normalized spacial score (nSPS) is 23.1. The van der Waals surface area contributed by atoms with E-state index >= 15 is 0 Å². The minimum Gasteiger partial charge on any atom is -0.399 e. The lowest BCUT2D eigenvalue weighted by atomic mass is 9.81. The van der Waals surface area contributed by atoms with Crippen molar-refractivity contribution >= 4 is 15.7 Å². The van der Waals surface area contributed by atoms with Gasteiger partial charge in [-0.3, -0.25) is 0 Å². The minimum absolute atomic E-state index is 0.0228. The van der Waals surface area contributed by atoms with Gasteiger partial charge in [0, 0.05) is 12.2 Å². The molecule has 118 valence electrons. The van der Waals surface area contributed by atoms with Crippen molar-refractivity contribution in [3.05, 3.63) is 29.8 Å². The van der Waals surface area contributed by atoms with Gasteiger partial charge in [0.2, 0.25) is 10.0 Å². The third-order valence-electron chi connectivity index (χ3n) is 4.35. The van der Waals surface area contributed by atoms with Crippen molar-refractivity contribution < 1.29 is 8.42 Å². The van der Waals surface area contributed by atoms with Crippen molar-refractivity contribution in [2.75, 3.05) is 12.3 Å². The predicted octanol–water partition coefficient (Wildman–Crippen LogP) is 2.90. The Morgan fingerprint density at radius 2 is 1.76 bits per heavy atom. The average Bonchev–Trinajstić information content (AvgIpc) is 2.43. The van der Waals surface area contributed by atoms with Crippen LogP contribution in [0.25, 0.3) is 0 Å². The van der Waals surface area contributed by atoms with Gasteiger partial charge in [-0.05, 0) is 36.0 Å². The van der Waals surface area contributed by atoms with Crippen molar-refractivity contribution in [2.45, 2.75) is 44.8 Å². The zero-order valence-corrected chi connectivity index (χ0v) is 13.5. The molecule has 5 heteroatoms. The van der Waals surface area contributed by atoms with E-state index in [0.29, 0.717) is 18.2 Å². The summed E-state index contributed by atoms with van der Waals surface area (Å²) in [6.45, 7) is 2.85. The van der Waals surface area contributed by atoms with E-state index < -0.39 is 10.0 Å². The molecule has 3 N–H and O–H groups in total. The molecule has 1 aromatic rings. The van der Waals surface area contributed by atoms with Crippen molar-refractivity contribution in [1.29, 1.82) is 0 Å². The van der Waals surface area contributed by atoms with E-state index in [4.69, 9.17) is 5.73 Å². The standard InChI is InChI=1S/C16H26N2O2S/c1-13-2-4-14(5-3-13)10-11-18-21(19,20)12-15-6-8-16(17)9-7-15/h6-9,13-14,18H,2-5,10-12,17H2,1H3. The predicted molar refractivity (Wildman–Crippen MR) is 87.2 cm³/mol. The number of anilines is 1. The van der Waals surface area contributed by atoms with Crippen LogP contribution in [-0.4, -0.2) is 15.0 Å². The van der Waals surface area contributed by atoms with E-state index in [1.54, 1.807) is 24.3 Å². The maximum Gasteiger partial charge on any atom is 0.215 e. The monoisotopic (exact) mass is 310 g/mol. The van der Waals surface area contributed by atoms with Crippen LogP contribution in [0.15, 0.2) is 24.3 Å². The molecule has 1 aliphatic carbocycles. The molecule has 0 radical (unpaired) electrons. The molecular formula is C16H26N2O2S. The van der Waals surface area contributed by atoms with Crippen LogP contribution in [0.2, 0.25) is 0 Å². The summed E-state index contributed by atoms with van der Waals surface area (Å²) in [7, 11) is -3.25. The Morgan fingerprint density at radius 1 is 1.14 bits per heavy atom. The molecule has 1 aliphatic rings. The van der Waals surface area contributed by atoms with Crippen molar-refractivity contribution in [1.82, 2.24) is 4.72 Å². The number of nitrogens with two attached hydrogens (primary N) is 1. The Labute approximate surface area is 128 Å². The highest BCUT2D eigenvalue weighted by Gasteiger charge is 2.19. The van der Waals surface area contributed by atoms with Gasteiger partial charge in [-0.25, -0.2) is 13.1 Å². The van der Waals surface area contributed by atoms with Crippen molar-refractivity contribution in [2.24, 2.45) is 11.8 Å². The average molecular weight is 310 g/mol. The molecular weight excluding hydrogens is 284 g/mol. The second-order valence-electron chi connectivity index (χ2n) is 6.31. The number of hydrogen-bond donors (Lipinski definition) is 2. The lowest BCUT2D eigenvalue weighted by Gasteiger charge is -2.26. The van der Waals surface area contributed by atoms with Gasteiger partial charge in [-0.2, -0.15) is 0 Å². The lowest BCUT2D eigenvalue weighted by molar-refractivity contribution is 0.278. The van der Waals surface area contributed by atoms with E-state index in [2.05, 4.69) is 11.6 Å². The van der Waals surface area contributed by atoms with Crippen molar-refractivity contribution in [3.8, 4) is 0 Å². The fraction of sp³-hybridized carbons (Fsp3) is 0.625. The zero-order chi connectivity index (χ0) is 15.3. The van der Waals surface area contributed by atoms with E-state index in [1.165, 1.54) is 25.7 Å². The summed E-state index contributed by atoms with van der Waals surface area (Å²) in [4.78, 5) is 0. The Bertz CT molecular complexity index is 532. The second-order valence-corrected chi connectivity index (χ2v) is 8.12. The van der Waals surface area contributed by atoms with Crippen LogP contribution in [0.3, 0.4) is 0 Å². The summed E-state index contributed by atoms with van der Waals surface area (Å²) in [5, 5.41) is 0. The van der Waals surface area contributed by atoms with Crippen LogP contribution in [0.4, 0.5) is 5.69 Å². The molecule has 0 amide bonds. The number of rotatable bonds is 6. The Kier molecular flexibility index (Phi) is 5.65. The first-order chi connectivity index (χ1) is 9.94. The molecule has 0 saturated heterocycles. The van der Waals surface area contributed by atoms with Crippen LogP contribution >= 0.6 is 0 Å². The molecule has 1 saturated carbocycles. The molecule has 1 fully saturated rings. The van der Waals surface area contributed by atoms with Crippen LogP contribution < -0.4 is 10.5 Å². The van der Waals surface area contributed by atoms with Gasteiger partial charge in [0.25, 0.3) is 0 Å². The number of nitrogen functional groups attached to an aromatic ring is 1. The first-order valence-electron chi connectivity index (χ1n) is 7.76. The maximum atomic E-state index is 12.0. The first-order valence-corrected chi connectivity index (χ1v) is 9.41. The highest BCUT2D eigenvalue weighted by atomic mass is 32.2. The number of benzene rings is 1. The number of nitrogens with one attached hydrogen (secondary N) is 1. The zero-order valence-electron chi connectivity index (χ0n) is 12.7. The maximum absolute atomic E-state index is 12.0. The quantitative estimate of drug-likeness (QED) is 0.794. The largest absolute Gasteiger partial charge is 0.399 e. The first kappa shape index (κ1) is 16.3. The Morgan fingerprint density at radius 3 is 2.38 bits per heavy atom. The van der Waals surface area contributed by atoms with E-state index in [1.807, 2.05) is 0 Å². The summed E-state index contributed by atoms with van der Waals surface area (Å²) >= 11 is 0. The third kappa shape index (κ3) is 5.67. The Balaban J connectivity index is 1.75. The number of hydrogen-bond acceptors (Lipinski definition) is 3. The molecule has 0 bridgehead atoms. The fourth-order valence-corrected chi connectivity index (χ4v) is 4.08. The summed E-state index contributed by atoms with van der Waals surface area (Å²) in [6.07, 6.45) is 5.99. The molecule has 0 spiro atoms. The van der Waals surface area contributed by atoms with Gasteiger partial charge >= 0.3 is 0 Å². The van der Waals surface area contributed by atoms with Gasteiger partial charge in [0.1, 0.15) is 0 Å². The van der Waals surface area contributed by atoms with Crippen LogP contribution in [0, 0.1) is 11.8 Å². The van der Waals surface area contributed by atoms with Gasteiger partial charge in [0.15, 0.2) is 0 Å². The van der Waals surface area contributed by atoms with Gasteiger partial charge in [-0.15, -0.1) is 0 Å². The minimum atomic E-state index is -3.25. The molecule has 2 rings (SSSR count). The topological polar surface area (TPSA) is 72.2 Å². The molecule has 1 aromatic carbocycles. The van der Waals surface area contributed by atoms with Crippen molar-refractivity contribution in [3.63, 3.8) is 0 Å². The summed E-state index contributed by atoms with van der Waals surface area (Å²) < 4.78 is 26.8. The van der Waals surface area contributed by atoms with Crippen LogP contribution in [0.5, 0.6) is 0 Å². The molecule has 4 nitrogen and oxygen atoms in total. The van der Waals surface area contributed by atoms with E-state index in [-0.39, 0.29) is 5.75 Å². The van der Waals surface area contributed by atoms with E-state index in [0.717, 1.165) is 17.9 Å². The summed E-state index contributed by atoms with van der Waals surface area (Å²) in [5.41, 5.74) is 7.01. The molecule has 0 unspecified atom stereocenters. The molecule has 21 heavy (non-hydrogen) atoms. The van der Waals surface area contributed by atoms with Gasteiger partial charge in [-0.1, -0.05) is 44.7 Å². The summed E-state index contributed by atoms with van der Waals surface area (Å²) in [5.74, 6) is 1.54. The van der Waals surface area contributed by atoms with Crippen LogP contribution in [-0.2, 0) is 15.8 Å². The Hall–Kier alpha value is -1.07. The highest BCUT2D eigenvalue weighted by Crippen LogP contribution is 2.29. The van der Waals surface area contributed by atoms with Crippen LogP contribution in [0.1, 0.15) is 44.6 Å². The molecule has 0 atom stereocenters.